The van der Waals surface area contributed by atoms with Gasteiger partial charge in [0.25, 0.3) is 0 Å². The maximum atomic E-state index is 13.0. The number of benzene rings is 2. The van der Waals surface area contributed by atoms with Crippen LogP contribution in [0.25, 0.3) is 11.1 Å². The number of anilines is 1. The van der Waals surface area contributed by atoms with Gasteiger partial charge in [-0.2, -0.15) is 0 Å². The topological polar surface area (TPSA) is 37.4 Å². The molecule has 3 nitrogen and oxygen atoms in total. The summed E-state index contributed by atoms with van der Waals surface area (Å²) in [7, 11) is 0. The molecule has 1 atom stereocenters. The Morgan fingerprint density at radius 2 is 1.71 bits per heavy atom. The number of hydrogen-bond donors (Lipinski definition) is 0. The van der Waals surface area contributed by atoms with Crippen molar-refractivity contribution in [2.45, 2.75) is 13.3 Å². The van der Waals surface area contributed by atoms with E-state index in [1.165, 1.54) is 23.9 Å². The van der Waals surface area contributed by atoms with Crippen molar-refractivity contribution in [3.05, 3.63) is 54.3 Å². The number of carbonyl (C=O) groups is 2. The zero-order chi connectivity index (χ0) is 17.1. The predicted molar refractivity (Wildman–Crippen MR) is 95.4 cm³/mol. The van der Waals surface area contributed by atoms with Crippen molar-refractivity contribution >= 4 is 28.5 Å². The molecule has 0 aromatic heterocycles. The van der Waals surface area contributed by atoms with Gasteiger partial charge in [0, 0.05) is 31.3 Å². The molecule has 0 N–H and O–H groups in total. The molecule has 1 amide bonds. The SMILES string of the molecule is CC(=O)SCC1CC(=O)N(c2ccc(-c3ccc(F)cc3)cc2)C1. The molecule has 1 saturated heterocycles. The molecule has 2 aromatic carbocycles. The van der Waals surface area contributed by atoms with Crippen molar-refractivity contribution in [1.82, 2.24) is 0 Å². The highest BCUT2D eigenvalue weighted by atomic mass is 32.2. The van der Waals surface area contributed by atoms with Crippen LogP contribution in [0.15, 0.2) is 48.5 Å². The van der Waals surface area contributed by atoms with Crippen molar-refractivity contribution in [2.24, 2.45) is 5.92 Å². The summed E-state index contributed by atoms with van der Waals surface area (Å²) in [5, 5.41) is 0.0875. The summed E-state index contributed by atoms with van der Waals surface area (Å²) in [5.74, 6) is 0.736. The quantitative estimate of drug-likeness (QED) is 0.838. The molecule has 0 saturated carbocycles. The van der Waals surface area contributed by atoms with Crippen molar-refractivity contribution in [2.75, 3.05) is 17.2 Å². The standard InChI is InChI=1S/C19H18FNO2S/c1-13(22)24-12-14-10-19(23)21(11-14)18-8-4-16(5-9-18)15-2-6-17(20)7-3-15/h2-9,14H,10-12H2,1H3. The van der Waals surface area contributed by atoms with E-state index in [1.807, 2.05) is 24.3 Å². The fourth-order valence-corrected chi connectivity index (χ4v) is 3.55. The normalized spacial score (nSPS) is 17.3. The molecule has 5 heteroatoms. The highest BCUT2D eigenvalue weighted by Gasteiger charge is 2.30. The van der Waals surface area contributed by atoms with Crippen LogP contribution in [-0.4, -0.2) is 23.3 Å². The molecule has 0 radical (unpaired) electrons. The minimum absolute atomic E-state index is 0.0875. The fraction of sp³-hybridized carbons (Fsp3) is 0.263. The molecule has 0 aliphatic carbocycles. The first-order valence-electron chi connectivity index (χ1n) is 7.82. The third kappa shape index (κ3) is 3.85. The lowest BCUT2D eigenvalue weighted by Crippen LogP contribution is -2.24. The van der Waals surface area contributed by atoms with Crippen LogP contribution in [0.4, 0.5) is 10.1 Å². The van der Waals surface area contributed by atoms with Gasteiger partial charge in [0.15, 0.2) is 5.12 Å². The average Bonchev–Trinajstić information content (AvgIpc) is 2.95. The van der Waals surface area contributed by atoms with E-state index < -0.39 is 0 Å². The second-order valence-corrected chi connectivity index (χ2v) is 7.13. The lowest BCUT2D eigenvalue weighted by molar-refractivity contribution is -0.117. The first kappa shape index (κ1) is 16.7. The van der Waals surface area contributed by atoms with Crippen LogP contribution >= 0.6 is 11.8 Å². The molecule has 124 valence electrons. The molecule has 24 heavy (non-hydrogen) atoms. The monoisotopic (exact) mass is 343 g/mol. The highest BCUT2D eigenvalue weighted by molar-refractivity contribution is 8.13. The van der Waals surface area contributed by atoms with E-state index in [0.29, 0.717) is 18.7 Å². The lowest BCUT2D eigenvalue weighted by atomic mass is 10.1. The van der Waals surface area contributed by atoms with E-state index in [2.05, 4.69) is 0 Å². The van der Waals surface area contributed by atoms with Gasteiger partial charge in [0.05, 0.1) is 0 Å². The Labute approximate surface area is 144 Å². The second kappa shape index (κ2) is 7.18. The van der Waals surface area contributed by atoms with Gasteiger partial charge in [-0.1, -0.05) is 36.0 Å². The number of thioether (sulfide) groups is 1. The van der Waals surface area contributed by atoms with Crippen LogP contribution in [-0.2, 0) is 9.59 Å². The maximum absolute atomic E-state index is 13.0. The Morgan fingerprint density at radius 1 is 1.12 bits per heavy atom. The fourth-order valence-electron chi connectivity index (χ4n) is 2.85. The number of hydrogen-bond acceptors (Lipinski definition) is 3. The van der Waals surface area contributed by atoms with Gasteiger partial charge < -0.3 is 4.90 Å². The molecular weight excluding hydrogens is 325 g/mol. The predicted octanol–water partition coefficient (Wildman–Crippen LogP) is 4.13. The summed E-state index contributed by atoms with van der Waals surface area (Å²) in [6.07, 6.45) is 0.486. The second-order valence-electron chi connectivity index (χ2n) is 5.93. The zero-order valence-electron chi connectivity index (χ0n) is 13.4. The van der Waals surface area contributed by atoms with Crippen molar-refractivity contribution in [3.63, 3.8) is 0 Å². The third-order valence-corrected chi connectivity index (χ3v) is 5.13. The highest BCUT2D eigenvalue weighted by Crippen LogP contribution is 2.29. The minimum Gasteiger partial charge on any atom is -0.312 e. The molecule has 1 unspecified atom stereocenters. The minimum atomic E-state index is -0.257. The van der Waals surface area contributed by atoms with Crippen molar-refractivity contribution < 1.29 is 14.0 Å². The van der Waals surface area contributed by atoms with Crippen LogP contribution < -0.4 is 4.90 Å². The number of amides is 1. The zero-order valence-corrected chi connectivity index (χ0v) is 14.2. The van der Waals surface area contributed by atoms with Gasteiger partial charge in [0.1, 0.15) is 5.82 Å². The van der Waals surface area contributed by atoms with Crippen LogP contribution in [0.5, 0.6) is 0 Å². The van der Waals surface area contributed by atoms with E-state index in [1.54, 1.807) is 24.0 Å². The molecule has 2 aromatic rings. The first-order valence-corrected chi connectivity index (χ1v) is 8.81. The van der Waals surface area contributed by atoms with Crippen molar-refractivity contribution in [3.8, 4) is 11.1 Å². The third-order valence-electron chi connectivity index (χ3n) is 4.08. The number of halogens is 1. The number of nitrogens with zero attached hydrogens (tertiary/aromatic N) is 1. The van der Waals surface area contributed by atoms with E-state index in [0.717, 1.165) is 16.8 Å². The Balaban J connectivity index is 1.70. The molecule has 0 bridgehead atoms. The summed E-state index contributed by atoms with van der Waals surface area (Å²) < 4.78 is 13.0. The van der Waals surface area contributed by atoms with E-state index in [9.17, 15) is 14.0 Å². The molecule has 3 rings (SSSR count). The smallest absolute Gasteiger partial charge is 0.227 e. The van der Waals surface area contributed by atoms with Gasteiger partial charge in [-0.3, -0.25) is 9.59 Å². The van der Waals surface area contributed by atoms with E-state index >= 15 is 0 Å². The molecular formula is C19H18FNO2S. The average molecular weight is 343 g/mol. The Bertz CT molecular complexity index is 743. The van der Waals surface area contributed by atoms with Gasteiger partial charge in [-0.25, -0.2) is 4.39 Å². The summed E-state index contributed by atoms with van der Waals surface area (Å²) in [5.41, 5.74) is 2.78. The van der Waals surface area contributed by atoms with Crippen LogP contribution in [0.1, 0.15) is 13.3 Å². The summed E-state index contributed by atoms with van der Waals surface area (Å²) in [6, 6.07) is 14.0. The van der Waals surface area contributed by atoms with Crippen LogP contribution in [0.2, 0.25) is 0 Å². The van der Waals surface area contributed by atoms with Gasteiger partial charge in [-0.15, -0.1) is 0 Å². The van der Waals surface area contributed by atoms with E-state index in [4.69, 9.17) is 0 Å². The van der Waals surface area contributed by atoms with Crippen LogP contribution in [0, 0.1) is 11.7 Å². The first-order chi connectivity index (χ1) is 11.5. The molecule has 1 aliphatic rings. The molecule has 1 heterocycles. The summed E-state index contributed by atoms with van der Waals surface area (Å²) in [4.78, 5) is 25.1. The molecule has 1 fully saturated rings. The molecule has 0 spiro atoms. The van der Waals surface area contributed by atoms with Crippen LogP contribution in [0.3, 0.4) is 0 Å². The van der Waals surface area contributed by atoms with Crippen molar-refractivity contribution in [1.29, 1.82) is 0 Å². The van der Waals surface area contributed by atoms with Gasteiger partial charge in [0.2, 0.25) is 5.91 Å². The van der Waals surface area contributed by atoms with E-state index in [-0.39, 0.29) is 22.8 Å². The number of carbonyl (C=O) groups excluding carboxylic acids is 2. The number of rotatable bonds is 4. The summed E-state index contributed by atoms with van der Waals surface area (Å²) >= 11 is 1.28. The Morgan fingerprint density at radius 3 is 2.29 bits per heavy atom. The molecule has 1 aliphatic heterocycles. The summed E-state index contributed by atoms with van der Waals surface area (Å²) in [6.45, 7) is 2.20. The Kier molecular flexibility index (Phi) is 5.00. The largest absolute Gasteiger partial charge is 0.312 e. The lowest BCUT2D eigenvalue weighted by Gasteiger charge is -2.17. The van der Waals surface area contributed by atoms with Gasteiger partial charge in [-0.05, 0) is 41.3 Å². The maximum Gasteiger partial charge on any atom is 0.227 e. The Hall–Kier alpha value is -2.14. The van der Waals surface area contributed by atoms with Gasteiger partial charge >= 0.3 is 0 Å².